The zero-order valence-electron chi connectivity index (χ0n) is 13.3. The molecule has 2 aromatic rings. The molecular weight excluding hydrogens is 278 g/mol. The van der Waals surface area contributed by atoms with E-state index in [0.29, 0.717) is 0 Å². The molecule has 2 aromatic heterocycles. The topological polar surface area (TPSA) is 63.9 Å². The molecule has 0 spiro atoms. The maximum Gasteiger partial charge on any atom is 0.220 e. The van der Waals surface area contributed by atoms with E-state index >= 15 is 0 Å². The van der Waals surface area contributed by atoms with Crippen LogP contribution in [0.5, 0.6) is 0 Å². The van der Waals surface area contributed by atoms with E-state index in [1.165, 1.54) is 0 Å². The molecule has 3 heterocycles. The molecule has 0 aliphatic carbocycles. The lowest BCUT2D eigenvalue weighted by Gasteiger charge is -2.23. The number of amides is 1. The number of carbonyl (C=O) groups excluding carboxylic acids is 1. The molecule has 6 nitrogen and oxygen atoms in total. The first-order valence-corrected chi connectivity index (χ1v) is 7.75. The molecule has 0 saturated carbocycles. The largest absolute Gasteiger partial charge is 0.334 e. The van der Waals surface area contributed by atoms with E-state index in [1.807, 2.05) is 28.6 Å². The first-order valence-electron chi connectivity index (χ1n) is 7.75. The number of nitrogens with zero attached hydrogens (tertiary/aromatic N) is 5. The van der Waals surface area contributed by atoms with Crippen LogP contribution in [0, 0.1) is 6.92 Å². The van der Waals surface area contributed by atoms with Crippen molar-refractivity contribution in [3.8, 4) is 11.4 Å². The van der Waals surface area contributed by atoms with Crippen LogP contribution in [0.1, 0.15) is 44.2 Å². The van der Waals surface area contributed by atoms with E-state index in [4.69, 9.17) is 0 Å². The van der Waals surface area contributed by atoms with Crippen molar-refractivity contribution in [1.82, 2.24) is 24.6 Å². The fourth-order valence-corrected chi connectivity index (χ4v) is 3.15. The maximum absolute atomic E-state index is 11.8. The molecule has 3 rings (SSSR count). The fourth-order valence-electron chi connectivity index (χ4n) is 3.15. The molecule has 0 unspecified atom stereocenters. The minimum atomic E-state index is 0.0657. The van der Waals surface area contributed by atoms with E-state index in [1.54, 1.807) is 13.1 Å². The zero-order valence-corrected chi connectivity index (χ0v) is 13.3. The summed E-state index contributed by atoms with van der Waals surface area (Å²) in [6.45, 7) is 7.18. The van der Waals surface area contributed by atoms with Crippen molar-refractivity contribution in [1.29, 1.82) is 0 Å². The monoisotopic (exact) mass is 299 g/mol. The number of hydrogen-bond acceptors (Lipinski definition) is 4. The summed E-state index contributed by atoms with van der Waals surface area (Å²) in [7, 11) is 0. The predicted octanol–water partition coefficient (Wildman–Crippen LogP) is 2.35. The summed E-state index contributed by atoms with van der Waals surface area (Å²) < 4.78 is 1.92. The fraction of sp³-hybridized carbons (Fsp3) is 0.500. The average molecular weight is 299 g/mol. The Bertz CT molecular complexity index is 694. The van der Waals surface area contributed by atoms with Gasteiger partial charge in [0, 0.05) is 26.2 Å². The van der Waals surface area contributed by atoms with Gasteiger partial charge in [-0.1, -0.05) is 0 Å². The second kappa shape index (κ2) is 5.87. The van der Waals surface area contributed by atoms with Crippen LogP contribution < -0.4 is 0 Å². The van der Waals surface area contributed by atoms with Gasteiger partial charge in [-0.25, -0.2) is 9.97 Å². The van der Waals surface area contributed by atoms with Crippen molar-refractivity contribution in [2.45, 2.75) is 46.2 Å². The molecule has 0 aromatic carbocycles. The van der Waals surface area contributed by atoms with Crippen LogP contribution in [0.2, 0.25) is 0 Å². The molecule has 6 heteroatoms. The lowest BCUT2D eigenvalue weighted by molar-refractivity contribution is -0.129. The second-order valence-electron chi connectivity index (χ2n) is 5.63. The molecule has 1 aliphatic heterocycles. The van der Waals surface area contributed by atoms with E-state index in [0.717, 1.165) is 48.8 Å². The quantitative estimate of drug-likeness (QED) is 0.872. The Balaban J connectivity index is 2.02. The molecule has 1 atom stereocenters. The number of rotatable bonds is 3. The molecule has 0 bridgehead atoms. The minimum absolute atomic E-state index is 0.0657. The highest BCUT2D eigenvalue weighted by Crippen LogP contribution is 2.32. The van der Waals surface area contributed by atoms with Gasteiger partial charge in [-0.05, 0) is 38.8 Å². The average Bonchev–Trinajstić information content (AvgIpc) is 3.15. The normalized spacial score (nSPS) is 18.0. The number of likely N-dealkylation sites (tertiary alicyclic amines) is 1. The van der Waals surface area contributed by atoms with Crippen LogP contribution >= 0.6 is 0 Å². The zero-order chi connectivity index (χ0) is 15.7. The van der Waals surface area contributed by atoms with Crippen LogP contribution in [0.3, 0.4) is 0 Å². The summed E-state index contributed by atoms with van der Waals surface area (Å²) in [5.41, 5.74) is 2.79. The Hall–Kier alpha value is -2.24. The minimum Gasteiger partial charge on any atom is -0.334 e. The lowest BCUT2D eigenvalue weighted by Crippen LogP contribution is -2.28. The molecule has 22 heavy (non-hydrogen) atoms. The Morgan fingerprint density at radius 2 is 2.23 bits per heavy atom. The van der Waals surface area contributed by atoms with Gasteiger partial charge in [0.15, 0.2) is 0 Å². The number of hydrogen-bond donors (Lipinski definition) is 0. The van der Waals surface area contributed by atoms with E-state index in [-0.39, 0.29) is 11.9 Å². The van der Waals surface area contributed by atoms with Gasteiger partial charge in [-0.15, -0.1) is 0 Å². The van der Waals surface area contributed by atoms with Crippen molar-refractivity contribution in [3.05, 3.63) is 29.8 Å². The van der Waals surface area contributed by atoms with Crippen LogP contribution in [-0.2, 0) is 11.3 Å². The third-order valence-electron chi connectivity index (χ3n) is 4.13. The van der Waals surface area contributed by atoms with E-state index < -0.39 is 0 Å². The Morgan fingerprint density at radius 1 is 1.41 bits per heavy atom. The molecule has 1 saturated heterocycles. The Labute approximate surface area is 130 Å². The highest BCUT2D eigenvalue weighted by Gasteiger charge is 2.29. The maximum atomic E-state index is 11.8. The smallest absolute Gasteiger partial charge is 0.220 e. The Kier molecular flexibility index (Phi) is 3.92. The molecular formula is C16H21N5O. The highest BCUT2D eigenvalue weighted by atomic mass is 16.2. The number of aromatic nitrogens is 4. The summed E-state index contributed by atoms with van der Waals surface area (Å²) in [4.78, 5) is 22.8. The SMILES string of the molecule is CCn1nccc1-c1cc([C@H]2CCCN2C(C)=O)nc(C)n1. The van der Waals surface area contributed by atoms with Crippen molar-refractivity contribution >= 4 is 5.91 Å². The van der Waals surface area contributed by atoms with Gasteiger partial charge < -0.3 is 4.90 Å². The van der Waals surface area contributed by atoms with Gasteiger partial charge in [-0.3, -0.25) is 9.48 Å². The summed E-state index contributed by atoms with van der Waals surface area (Å²) in [6.07, 6.45) is 3.77. The first-order chi connectivity index (χ1) is 10.6. The molecule has 1 amide bonds. The van der Waals surface area contributed by atoms with E-state index in [9.17, 15) is 4.79 Å². The number of carbonyl (C=O) groups is 1. The molecule has 0 N–H and O–H groups in total. The summed E-state index contributed by atoms with van der Waals surface area (Å²) in [6, 6.07) is 4.03. The van der Waals surface area contributed by atoms with Gasteiger partial charge in [0.2, 0.25) is 5.91 Å². The van der Waals surface area contributed by atoms with Crippen LogP contribution in [0.4, 0.5) is 0 Å². The predicted molar refractivity (Wildman–Crippen MR) is 83.0 cm³/mol. The summed E-state index contributed by atoms with van der Waals surface area (Å²) in [5, 5.41) is 4.30. The van der Waals surface area contributed by atoms with Gasteiger partial charge in [-0.2, -0.15) is 5.10 Å². The van der Waals surface area contributed by atoms with Crippen LogP contribution in [-0.4, -0.2) is 37.1 Å². The lowest BCUT2D eigenvalue weighted by atomic mass is 10.1. The van der Waals surface area contributed by atoms with Crippen molar-refractivity contribution in [2.75, 3.05) is 6.54 Å². The highest BCUT2D eigenvalue weighted by molar-refractivity contribution is 5.74. The van der Waals surface area contributed by atoms with Crippen LogP contribution in [0.15, 0.2) is 18.3 Å². The third kappa shape index (κ3) is 2.61. The standard InChI is InChI=1S/C16H21N5O/c1-4-21-16(7-8-17-21)14-10-13(18-11(2)19-14)15-6-5-9-20(15)12(3)22/h7-8,10,15H,4-6,9H2,1-3H3/t15-/m1/s1. The van der Waals surface area contributed by atoms with Crippen molar-refractivity contribution < 1.29 is 4.79 Å². The molecule has 116 valence electrons. The van der Waals surface area contributed by atoms with Gasteiger partial charge in [0.1, 0.15) is 5.82 Å². The first kappa shape index (κ1) is 14.7. The van der Waals surface area contributed by atoms with Crippen molar-refractivity contribution in [3.63, 3.8) is 0 Å². The molecule has 0 radical (unpaired) electrons. The van der Waals surface area contributed by atoms with Gasteiger partial charge in [0.05, 0.1) is 23.1 Å². The molecule has 1 fully saturated rings. The summed E-state index contributed by atoms with van der Waals surface area (Å²) >= 11 is 0. The van der Waals surface area contributed by atoms with Crippen LogP contribution in [0.25, 0.3) is 11.4 Å². The second-order valence-corrected chi connectivity index (χ2v) is 5.63. The van der Waals surface area contributed by atoms with Gasteiger partial charge >= 0.3 is 0 Å². The van der Waals surface area contributed by atoms with Crippen molar-refractivity contribution in [2.24, 2.45) is 0 Å². The number of aryl methyl sites for hydroxylation is 2. The van der Waals surface area contributed by atoms with Gasteiger partial charge in [0.25, 0.3) is 0 Å². The Morgan fingerprint density at radius 3 is 2.95 bits per heavy atom. The van der Waals surface area contributed by atoms with E-state index in [2.05, 4.69) is 22.0 Å². The molecule has 1 aliphatic rings. The summed E-state index contributed by atoms with van der Waals surface area (Å²) in [5.74, 6) is 0.839. The third-order valence-corrected chi connectivity index (χ3v) is 4.13.